The molecule has 6 nitrogen and oxygen atoms in total. The summed E-state index contributed by atoms with van der Waals surface area (Å²) in [5, 5.41) is 19.8. The third kappa shape index (κ3) is 13.5. The zero-order chi connectivity index (χ0) is 17.5. The van der Waals surface area contributed by atoms with E-state index < -0.39 is 23.9 Å². The minimum Gasteiger partial charge on any atom is -0.481 e. The smallest absolute Gasteiger partial charge is 0.326 e. The molecular weight excluding hydrogens is 298 g/mol. The fraction of sp³-hybridized carbons (Fsp3) is 0.706. The number of rotatable bonds is 14. The Kier molecular flexibility index (Phi) is 12.7. The van der Waals surface area contributed by atoms with Crippen molar-refractivity contribution in [3.8, 4) is 0 Å². The number of amides is 1. The van der Waals surface area contributed by atoms with E-state index in [2.05, 4.69) is 12.2 Å². The molecule has 0 saturated heterocycles. The Morgan fingerprint density at radius 2 is 1.61 bits per heavy atom. The molecule has 3 N–H and O–H groups in total. The topological polar surface area (TPSA) is 104 Å². The summed E-state index contributed by atoms with van der Waals surface area (Å²) in [6.45, 7) is 2.19. The lowest BCUT2D eigenvalue weighted by Crippen LogP contribution is -2.40. The van der Waals surface area contributed by atoms with Crippen LogP contribution in [-0.4, -0.2) is 34.1 Å². The predicted molar refractivity (Wildman–Crippen MR) is 88.2 cm³/mol. The van der Waals surface area contributed by atoms with Gasteiger partial charge in [0.25, 0.3) is 0 Å². The van der Waals surface area contributed by atoms with Gasteiger partial charge in [-0.05, 0) is 25.3 Å². The van der Waals surface area contributed by atoms with E-state index in [0.717, 1.165) is 19.3 Å². The van der Waals surface area contributed by atoms with Gasteiger partial charge >= 0.3 is 11.9 Å². The highest BCUT2D eigenvalue weighted by Crippen LogP contribution is 2.08. The number of nitrogens with one attached hydrogen (secondary N) is 1. The maximum Gasteiger partial charge on any atom is 0.326 e. The van der Waals surface area contributed by atoms with Crippen LogP contribution in [0, 0.1) is 0 Å². The van der Waals surface area contributed by atoms with Crippen LogP contribution in [0.3, 0.4) is 0 Å². The van der Waals surface area contributed by atoms with E-state index in [1.54, 1.807) is 6.08 Å². The molecule has 0 saturated carbocycles. The number of aliphatic carboxylic acids is 2. The van der Waals surface area contributed by atoms with E-state index in [0.29, 0.717) is 0 Å². The van der Waals surface area contributed by atoms with Crippen molar-refractivity contribution in [2.24, 2.45) is 0 Å². The van der Waals surface area contributed by atoms with Crippen LogP contribution in [0.5, 0.6) is 0 Å². The Balaban J connectivity index is 3.84. The number of unbranched alkanes of at least 4 members (excludes halogenated alkanes) is 7. The van der Waals surface area contributed by atoms with Gasteiger partial charge in [-0.15, -0.1) is 0 Å². The van der Waals surface area contributed by atoms with Crippen LogP contribution in [-0.2, 0) is 14.4 Å². The minimum atomic E-state index is -1.22. The first-order valence-electron chi connectivity index (χ1n) is 8.39. The van der Waals surface area contributed by atoms with E-state index in [1.165, 1.54) is 38.2 Å². The molecule has 132 valence electrons. The minimum absolute atomic E-state index is 0.123. The highest BCUT2D eigenvalue weighted by Gasteiger charge is 2.19. The highest BCUT2D eigenvalue weighted by atomic mass is 16.4. The Bertz CT molecular complexity index is 392. The number of carbonyl (C=O) groups excluding carboxylic acids is 1. The Morgan fingerprint density at radius 1 is 1.00 bits per heavy atom. The van der Waals surface area contributed by atoms with E-state index in [4.69, 9.17) is 10.2 Å². The molecule has 0 aromatic carbocycles. The summed E-state index contributed by atoms with van der Waals surface area (Å²) in [5.74, 6) is -2.80. The monoisotopic (exact) mass is 327 g/mol. The highest BCUT2D eigenvalue weighted by molar-refractivity contribution is 5.91. The molecule has 0 rings (SSSR count). The van der Waals surface area contributed by atoms with Gasteiger partial charge in [0.15, 0.2) is 0 Å². The molecule has 1 unspecified atom stereocenters. The summed E-state index contributed by atoms with van der Waals surface area (Å²) >= 11 is 0. The summed E-state index contributed by atoms with van der Waals surface area (Å²) in [6.07, 6.45) is 11.8. The second-order valence-electron chi connectivity index (χ2n) is 5.64. The lowest BCUT2D eigenvalue weighted by Gasteiger charge is -2.11. The van der Waals surface area contributed by atoms with Crippen molar-refractivity contribution in [1.82, 2.24) is 5.32 Å². The molecular formula is C17H29NO5. The first-order valence-corrected chi connectivity index (χ1v) is 8.39. The van der Waals surface area contributed by atoms with Gasteiger partial charge in [-0.1, -0.05) is 51.5 Å². The standard InChI is InChI=1S/C17H29NO5/c1-2-3-4-5-6-7-8-9-10-11-15(19)18-14(17(22)23)12-13-16(20)21/h10-11,14H,2-9,12-13H2,1H3,(H,18,19)(H,20,21)(H,22,23). The molecule has 0 aliphatic rings. The fourth-order valence-electron chi connectivity index (χ4n) is 2.15. The van der Waals surface area contributed by atoms with Crippen molar-refractivity contribution in [1.29, 1.82) is 0 Å². The van der Waals surface area contributed by atoms with Gasteiger partial charge in [0.2, 0.25) is 5.91 Å². The molecule has 0 aliphatic carbocycles. The molecule has 0 heterocycles. The van der Waals surface area contributed by atoms with Crippen LogP contribution < -0.4 is 5.32 Å². The van der Waals surface area contributed by atoms with Crippen LogP contribution in [0.2, 0.25) is 0 Å². The Hall–Kier alpha value is -1.85. The molecule has 1 atom stereocenters. The van der Waals surface area contributed by atoms with Crippen molar-refractivity contribution < 1.29 is 24.6 Å². The molecule has 23 heavy (non-hydrogen) atoms. The SMILES string of the molecule is CCCCCCCCCC=CC(=O)NC(CCC(=O)O)C(=O)O. The van der Waals surface area contributed by atoms with Gasteiger partial charge in [0.1, 0.15) is 6.04 Å². The maximum absolute atomic E-state index is 11.6. The number of allylic oxidation sites excluding steroid dienone is 1. The zero-order valence-electron chi connectivity index (χ0n) is 13.9. The molecule has 0 aromatic rings. The van der Waals surface area contributed by atoms with E-state index >= 15 is 0 Å². The van der Waals surface area contributed by atoms with Gasteiger partial charge in [-0.2, -0.15) is 0 Å². The van der Waals surface area contributed by atoms with E-state index in [9.17, 15) is 14.4 Å². The van der Waals surface area contributed by atoms with Gasteiger partial charge in [-0.25, -0.2) is 4.79 Å². The second-order valence-corrected chi connectivity index (χ2v) is 5.64. The lowest BCUT2D eigenvalue weighted by molar-refractivity contribution is -0.142. The fourth-order valence-corrected chi connectivity index (χ4v) is 2.15. The van der Waals surface area contributed by atoms with Crippen molar-refractivity contribution in [2.75, 3.05) is 0 Å². The Labute approximate surface area is 138 Å². The largest absolute Gasteiger partial charge is 0.481 e. The predicted octanol–water partition coefficient (Wildman–Crippen LogP) is 3.12. The molecule has 0 aromatic heterocycles. The summed E-state index contributed by atoms with van der Waals surface area (Å²) < 4.78 is 0. The van der Waals surface area contributed by atoms with Crippen molar-refractivity contribution in [3.63, 3.8) is 0 Å². The van der Waals surface area contributed by atoms with Crippen LogP contribution in [0.25, 0.3) is 0 Å². The molecule has 0 aliphatic heterocycles. The maximum atomic E-state index is 11.6. The number of carboxylic acid groups (broad SMARTS) is 2. The number of hydrogen-bond donors (Lipinski definition) is 3. The van der Waals surface area contributed by atoms with Crippen molar-refractivity contribution in [3.05, 3.63) is 12.2 Å². The van der Waals surface area contributed by atoms with Crippen LogP contribution in [0.1, 0.15) is 71.1 Å². The summed E-state index contributed by atoms with van der Waals surface area (Å²) in [5.41, 5.74) is 0. The van der Waals surface area contributed by atoms with Gasteiger partial charge in [-0.3, -0.25) is 9.59 Å². The second kappa shape index (κ2) is 13.8. The summed E-state index contributed by atoms with van der Waals surface area (Å²) in [7, 11) is 0. The first kappa shape index (κ1) is 21.1. The normalized spacial score (nSPS) is 12.2. The van der Waals surface area contributed by atoms with Crippen molar-refractivity contribution in [2.45, 2.75) is 77.2 Å². The number of carbonyl (C=O) groups is 3. The third-order valence-corrected chi connectivity index (χ3v) is 3.51. The molecule has 0 spiro atoms. The van der Waals surface area contributed by atoms with Gasteiger partial charge in [0.05, 0.1) is 0 Å². The Morgan fingerprint density at radius 3 is 2.17 bits per heavy atom. The van der Waals surface area contributed by atoms with Gasteiger partial charge in [0, 0.05) is 6.42 Å². The van der Waals surface area contributed by atoms with Crippen LogP contribution >= 0.6 is 0 Å². The molecule has 1 amide bonds. The molecule has 0 radical (unpaired) electrons. The number of carboxylic acids is 2. The molecule has 0 fully saturated rings. The average molecular weight is 327 g/mol. The van der Waals surface area contributed by atoms with Crippen LogP contribution in [0.4, 0.5) is 0 Å². The molecule has 6 heteroatoms. The number of hydrogen-bond acceptors (Lipinski definition) is 3. The van der Waals surface area contributed by atoms with E-state index in [-0.39, 0.29) is 12.8 Å². The van der Waals surface area contributed by atoms with Gasteiger partial charge < -0.3 is 15.5 Å². The van der Waals surface area contributed by atoms with E-state index in [1.807, 2.05) is 0 Å². The van der Waals surface area contributed by atoms with Crippen molar-refractivity contribution >= 4 is 17.8 Å². The third-order valence-electron chi connectivity index (χ3n) is 3.51. The first-order chi connectivity index (χ1) is 11.0. The van der Waals surface area contributed by atoms with Crippen LogP contribution in [0.15, 0.2) is 12.2 Å². The summed E-state index contributed by atoms with van der Waals surface area (Å²) in [6, 6.07) is -1.16. The zero-order valence-corrected chi connectivity index (χ0v) is 13.9. The molecule has 0 bridgehead atoms. The quantitative estimate of drug-likeness (QED) is 0.336. The average Bonchev–Trinajstić information content (AvgIpc) is 2.49. The summed E-state index contributed by atoms with van der Waals surface area (Å²) in [4.78, 5) is 33.0. The lowest BCUT2D eigenvalue weighted by atomic mass is 10.1.